The number of aryl methyl sites for hydroxylation is 1. The number of anilines is 1. The third-order valence-electron chi connectivity index (χ3n) is 5.63. The van der Waals surface area contributed by atoms with Crippen molar-refractivity contribution in [3.05, 3.63) is 53.6 Å². The highest BCUT2D eigenvalue weighted by Gasteiger charge is 2.37. The van der Waals surface area contributed by atoms with Gasteiger partial charge >= 0.3 is 0 Å². The van der Waals surface area contributed by atoms with E-state index >= 15 is 0 Å². The molecule has 0 bridgehead atoms. The minimum absolute atomic E-state index is 0.170. The molecule has 2 heterocycles. The normalized spacial score (nSPS) is 22.3. The van der Waals surface area contributed by atoms with Crippen molar-refractivity contribution >= 4 is 21.6 Å². The van der Waals surface area contributed by atoms with Crippen LogP contribution < -0.4 is 19.1 Å². The fourth-order valence-electron chi connectivity index (χ4n) is 4.21. The Labute approximate surface area is 183 Å². The standard InChI is InChI=1S/C23H28N2O5S/c1-15-9-10-16-17(14-23(2,3)30-21(16)13-15)24-22(26)20-11-12-25(31(4,27)28)18-7-5-6-8-19(18)29-20/h5-10,13,17,20H,11-12,14H2,1-4H3,(H,24,26). The van der Waals surface area contributed by atoms with Gasteiger partial charge in [0.1, 0.15) is 17.1 Å². The number of benzene rings is 2. The summed E-state index contributed by atoms with van der Waals surface area (Å²) in [5.41, 5.74) is 2.05. The van der Waals surface area contributed by atoms with Gasteiger partial charge in [-0.15, -0.1) is 0 Å². The lowest BCUT2D eigenvalue weighted by atomic mass is 9.89. The number of carbonyl (C=O) groups is 1. The van der Waals surface area contributed by atoms with Crippen molar-refractivity contribution in [1.82, 2.24) is 5.32 Å². The maximum atomic E-state index is 13.2. The van der Waals surface area contributed by atoms with Crippen molar-refractivity contribution in [2.24, 2.45) is 0 Å². The highest BCUT2D eigenvalue weighted by molar-refractivity contribution is 7.92. The van der Waals surface area contributed by atoms with Gasteiger partial charge in [0.25, 0.3) is 5.91 Å². The Morgan fingerprint density at radius 1 is 1.16 bits per heavy atom. The van der Waals surface area contributed by atoms with E-state index in [2.05, 4.69) is 5.32 Å². The summed E-state index contributed by atoms with van der Waals surface area (Å²) < 4.78 is 38.0. The van der Waals surface area contributed by atoms with E-state index in [0.29, 0.717) is 17.9 Å². The second-order valence-corrected chi connectivity index (χ2v) is 10.8. The van der Waals surface area contributed by atoms with Crippen LogP contribution in [0.25, 0.3) is 0 Å². The summed E-state index contributed by atoms with van der Waals surface area (Å²) in [6, 6.07) is 12.6. The van der Waals surface area contributed by atoms with Crippen LogP contribution in [0, 0.1) is 6.92 Å². The number of fused-ring (bicyclic) bond motifs is 2. The first-order chi connectivity index (χ1) is 14.5. The van der Waals surface area contributed by atoms with Crippen LogP contribution in [0.2, 0.25) is 0 Å². The van der Waals surface area contributed by atoms with Gasteiger partial charge in [0.15, 0.2) is 6.10 Å². The Kier molecular flexibility index (Phi) is 5.37. The Bertz CT molecular complexity index is 1110. The summed E-state index contributed by atoms with van der Waals surface area (Å²) in [7, 11) is -3.49. The van der Waals surface area contributed by atoms with E-state index in [1.807, 2.05) is 39.0 Å². The van der Waals surface area contributed by atoms with Crippen molar-refractivity contribution in [1.29, 1.82) is 0 Å². The molecule has 0 spiro atoms. The first-order valence-corrected chi connectivity index (χ1v) is 12.2. The monoisotopic (exact) mass is 444 g/mol. The predicted molar refractivity (Wildman–Crippen MR) is 119 cm³/mol. The van der Waals surface area contributed by atoms with Gasteiger partial charge in [-0.3, -0.25) is 9.10 Å². The van der Waals surface area contributed by atoms with E-state index in [9.17, 15) is 13.2 Å². The predicted octanol–water partition coefficient (Wildman–Crippen LogP) is 3.33. The molecule has 2 atom stereocenters. The molecule has 0 radical (unpaired) electrons. The molecule has 166 valence electrons. The molecule has 0 saturated carbocycles. The molecule has 0 fully saturated rings. The van der Waals surface area contributed by atoms with E-state index in [1.54, 1.807) is 24.3 Å². The number of ether oxygens (including phenoxy) is 2. The third kappa shape index (κ3) is 4.49. The van der Waals surface area contributed by atoms with Gasteiger partial charge in [0.2, 0.25) is 10.0 Å². The summed E-state index contributed by atoms with van der Waals surface area (Å²) in [5, 5.41) is 3.12. The van der Waals surface area contributed by atoms with Gasteiger partial charge in [0.05, 0.1) is 18.0 Å². The van der Waals surface area contributed by atoms with Crippen LogP contribution in [0.15, 0.2) is 42.5 Å². The molecular weight excluding hydrogens is 416 g/mol. The lowest BCUT2D eigenvalue weighted by molar-refractivity contribution is -0.129. The quantitative estimate of drug-likeness (QED) is 0.785. The summed E-state index contributed by atoms with van der Waals surface area (Å²) in [6.45, 7) is 6.17. The van der Waals surface area contributed by atoms with Gasteiger partial charge in [-0.1, -0.05) is 24.3 Å². The average Bonchev–Trinajstić information content (AvgIpc) is 2.86. The number of nitrogens with one attached hydrogen (secondary N) is 1. The fourth-order valence-corrected chi connectivity index (χ4v) is 5.16. The van der Waals surface area contributed by atoms with Crippen LogP contribution in [0.4, 0.5) is 5.69 Å². The van der Waals surface area contributed by atoms with Crippen molar-refractivity contribution < 1.29 is 22.7 Å². The number of hydrogen-bond acceptors (Lipinski definition) is 5. The molecule has 2 aromatic rings. The first kappa shape index (κ1) is 21.5. The highest BCUT2D eigenvalue weighted by atomic mass is 32.2. The van der Waals surface area contributed by atoms with Gasteiger partial charge in [-0.2, -0.15) is 0 Å². The third-order valence-corrected chi connectivity index (χ3v) is 6.81. The van der Waals surface area contributed by atoms with Gasteiger partial charge in [0, 0.05) is 24.9 Å². The van der Waals surface area contributed by atoms with E-state index < -0.39 is 21.7 Å². The second-order valence-electron chi connectivity index (χ2n) is 8.87. The van der Waals surface area contributed by atoms with Crippen LogP contribution in [0.5, 0.6) is 11.5 Å². The highest BCUT2D eigenvalue weighted by Crippen LogP contribution is 2.40. The summed E-state index contributed by atoms with van der Waals surface area (Å²) in [5.74, 6) is 0.894. The van der Waals surface area contributed by atoms with E-state index in [-0.39, 0.29) is 24.9 Å². The largest absolute Gasteiger partial charge is 0.487 e. The van der Waals surface area contributed by atoms with Gasteiger partial charge < -0.3 is 14.8 Å². The minimum atomic E-state index is -3.49. The average molecular weight is 445 g/mol. The molecule has 4 rings (SSSR count). The number of carbonyl (C=O) groups excluding carboxylic acids is 1. The molecule has 2 aliphatic heterocycles. The van der Waals surface area contributed by atoms with Crippen molar-refractivity contribution in [2.45, 2.75) is 51.4 Å². The molecule has 2 aromatic carbocycles. The maximum absolute atomic E-state index is 13.2. The topological polar surface area (TPSA) is 84.9 Å². The molecule has 1 N–H and O–H groups in total. The van der Waals surface area contributed by atoms with Crippen LogP contribution in [0.1, 0.15) is 43.9 Å². The zero-order chi connectivity index (χ0) is 22.4. The van der Waals surface area contributed by atoms with Crippen LogP contribution >= 0.6 is 0 Å². The second kappa shape index (κ2) is 7.75. The van der Waals surface area contributed by atoms with E-state index in [4.69, 9.17) is 9.47 Å². The number of amides is 1. The van der Waals surface area contributed by atoms with Crippen molar-refractivity contribution in [2.75, 3.05) is 17.1 Å². The van der Waals surface area contributed by atoms with Crippen LogP contribution in [0.3, 0.4) is 0 Å². The lowest BCUT2D eigenvalue weighted by Crippen LogP contribution is -2.46. The SMILES string of the molecule is Cc1ccc2c(c1)OC(C)(C)CC2NC(=O)C1CCN(S(C)(=O)=O)c2ccccc2O1. The van der Waals surface area contributed by atoms with E-state index in [0.717, 1.165) is 23.1 Å². The number of para-hydroxylation sites is 2. The summed E-state index contributed by atoms with van der Waals surface area (Å²) >= 11 is 0. The first-order valence-electron chi connectivity index (χ1n) is 10.4. The summed E-state index contributed by atoms with van der Waals surface area (Å²) in [6.07, 6.45) is 1.23. The van der Waals surface area contributed by atoms with Crippen molar-refractivity contribution in [3.8, 4) is 11.5 Å². The number of hydrogen-bond donors (Lipinski definition) is 1. The minimum Gasteiger partial charge on any atom is -0.487 e. The Balaban J connectivity index is 1.59. The number of rotatable bonds is 3. The molecule has 2 aliphatic rings. The Morgan fingerprint density at radius 3 is 2.65 bits per heavy atom. The smallest absolute Gasteiger partial charge is 0.261 e. The number of sulfonamides is 1. The maximum Gasteiger partial charge on any atom is 0.261 e. The molecule has 0 saturated heterocycles. The molecule has 1 amide bonds. The number of nitrogens with zero attached hydrogens (tertiary/aromatic N) is 1. The molecule has 8 heteroatoms. The molecule has 7 nitrogen and oxygen atoms in total. The van der Waals surface area contributed by atoms with Crippen LogP contribution in [-0.2, 0) is 14.8 Å². The Morgan fingerprint density at radius 2 is 1.90 bits per heavy atom. The molecular formula is C23H28N2O5S. The van der Waals surface area contributed by atoms with Crippen molar-refractivity contribution in [3.63, 3.8) is 0 Å². The molecule has 0 aliphatic carbocycles. The molecule has 31 heavy (non-hydrogen) atoms. The van der Waals surface area contributed by atoms with Gasteiger partial charge in [-0.25, -0.2) is 8.42 Å². The fraction of sp³-hybridized carbons (Fsp3) is 0.435. The Hall–Kier alpha value is -2.74. The van der Waals surface area contributed by atoms with E-state index in [1.165, 1.54) is 4.31 Å². The molecule has 0 aromatic heterocycles. The van der Waals surface area contributed by atoms with Crippen LogP contribution in [-0.4, -0.2) is 38.8 Å². The zero-order valence-electron chi connectivity index (χ0n) is 18.2. The van der Waals surface area contributed by atoms with Gasteiger partial charge in [-0.05, 0) is 44.5 Å². The lowest BCUT2D eigenvalue weighted by Gasteiger charge is -2.38. The summed E-state index contributed by atoms with van der Waals surface area (Å²) in [4.78, 5) is 13.2. The zero-order valence-corrected chi connectivity index (χ0v) is 19.0. The molecule has 2 unspecified atom stereocenters.